The van der Waals surface area contributed by atoms with Gasteiger partial charge in [0, 0.05) is 31.6 Å². The topological polar surface area (TPSA) is 87.2 Å². The number of benzene rings is 2. The molecule has 2 fully saturated rings. The van der Waals surface area contributed by atoms with E-state index < -0.39 is 16.1 Å². The van der Waals surface area contributed by atoms with Crippen molar-refractivity contribution in [1.29, 1.82) is 0 Å². The van der Waals surface area contributed by atoms with Gasteiger partial charge in [-0.05, 0) is 67.9 Å². The normalized spacial score (nSPS) is 21.6. The van der Waals surface area contributed by atoms with Gasteiger partial charge in [0.15, 0.2) is 0 Å². The van der Waals surface area contributed by atoms with Crippen molar-refractivity contribution in [2.75, 3.05) is 26.7 Å². The summed E-state index contributed by atoms with van der Waals surface area (Å²) in [5.74, 6) is 0.870. The molecule has 1 amide bonds. The average molecular weight is 529 g/mol. The van der Waals surface area contributed by atoms with Crippen LogP contribution in [-0.2, 0) is 21.2 Å². The lowest BCUT2D eigenvalue weighted by Crippen LogP contribution is -2.47. The Kier molecular flexibility index (Phi) is 9.27. The summed E-state index contributed by atoms with van der Waals surface area (Å²) in [5, 5.41) is 11.2. The molecular formula is C29H40N2O5S. The van der Waals surface area contributed by atoms with E-state index in [1.807, 2.05) is 25.1 Å². The predicted octanol–water partition coefficient (Wildman–Crippen LogP) is 4.11. The second-order valence-corrected chi connectivity index (χ2v) is 12.4. The number of rotatable bonds is 12. The van der Waals surface area contributed by atoms with Crippen LogP contribution >= 0.6 is 0 Å². The van der Waals surface area contributed by atoms with Crippen LogP contribution in [-0.4, -0.2) is 67.5 Å². The zero-order chi connectivity index (χ0) is 26.4. The molecule has 1 N–H and O–H groups in total. The molecule has 1 saturated carbocycles. The monoisotopic (exact) mass is 528 g/mol. The fourth-order valence-electron chi connectivity index (χ4n) is 5.80. The molecule has 3 atom stereocenters. The Morgan fingerprint density at radius 3 is 2.38 bits per heavy atom. The Hall–Kier alpha value is -2.42. The highest BCUT2D eigenvalue weighted by Crippen LogP contribution is 2.31. The van der Waals surface area contributed by atoms with Gasteiger partial charge < -0.3 is 14.7 Å². The van der Waals surface area contributed by atoms with E-state index in [0.717, 1.165) is 50.5 Å². The number of aliphatic hydroxyl groups is 1. The van der Waals surface area contributed by atoms with Crippen LogP contribution in [0.2, 0.25) is 0 Å². The minimum Gasteiger partial charge on any atom is -0.497 e. The van der Waals surface area contributed by atoms with E-state index in [2.05, 4.69) is 12.1 Å². The molecule has 2 aromatic carbocycles. The average Bonchev–Trinajstić information content (AvgIpc) is 3.52. The number of hydrogen-bond acceptors (Lipinski definition) is 5. The zero-order valence-corrected chi connectivity index (χ0v) is 22.8. The van der Waals surface area contributed by atoms with Crippen LogP contribution in [0.3, 0.4) is 0 Å². The maximum absolute atomic E-state index is 13.7. The predicted molar refractivity (Wildman–Crippen MR) is 144 cm³/mol. The van der Waals surface area contributed by atoms with Crippen molar-refractivity contribution in [3.8, 4) is 5.75 Å². The fourth-order valence-corrected chi connectivity index (χ4v) is 7.35. The Bertz CT molecular complexity index is 1120. The van der Waals surface area contributed by atoms with E-state index in [9.17, 15) is 18.3 Å². The molecule has 2 aliphatic rings. The number of aliphatic hydroxyl groups excluding tert-OH is 1. The van der Waals surface area contributed by atoms with Crippen molar-refractivity contribution in [1.82, 2.24) is 9.21 Å². The second kappa shape index (κ2) is 12.4. The first-order valence-corrected chi connectivity index (χ1v) is 14.9. The summed E-state index contributed by atoms with van der Waals surface area (Å²) in [6.07, 6.45) is 5.46. The third-order valence-corrected chi connectivity index (χ3v) is 9.74. The van der Waals surface area contributed by atoms with Gasteiger partial charge >= 0.3 is 0 Å². The van der Waals surface area contributed by atoms with Gasteiger partial charge in [0.25, 0.3) is 0 Å². The molecule has 2 aromatic rings. The zero-order valence-electron chi connectivity index (χ0n) is 22.0. The first-order chi connectivity index (χ1) is 17.8. The largest absolute Gasteiger partial charge is 0.497 e. The summed E-state index contributed by atoms with van der Waals surface area (Å²) in [4.78, 5) is 15.2. The van der Waals surface area contributed by atoms with E-state index in [4.69, 9.17) is 4.74 Å². The number of sulfonamides is 1. The van der Waals surface area contributed by atoms with E-state index in [-0.39, 0.29) is 41.8 Å². The third-order valence-electron chi connectivity index (χ3n) is 7.89. The standard InChI is InChI=1S/C29H40N2O5S/c1-3-24-18-25(17-22-9-5-4-6-10-22)31(29(24)33)21-26(32)20-30(19-23-11-7-8-12-23)37(34,35)28-15-13-27(36-2)14-16-28/h4-6,9-10,13-16,23-26,32H,3,7-8,11-12,17-21H2,1-2H3/t24?,25-,26?/m1/s1. The molecular weight excluding hydrogens is 488 g/mol. The molecule has 4 rings (SSSR count). The first-order valence-electron chi connectivity index (χ1n) is 13.5. The van der Waals surface area contributed by atoms with Crippen LogP contribution in [0.1, 0.15) is 51.0 Å². The van der Waals surface area contributed by atoms with Gasteiger partial charge in [-0.2, -0.15) is 4.31 Å². The van der Waals surface area contributed by atoms with Crippen LogP contribution in [0.15, 0.2) is 59.5 Å². The Labute approximate surface area is 221 Å². The smallest absolute Gasteiger partial charge is 0.243 e. The highest BCUT2D eigenvalue weighted by molar-refractivity contribution is 7.89. The summed E-state index contributed by atoms with van der Waals surface area (Å²) in [7, 11) is -2.28. The number of β-amino-alcohol motifs (C(OH)–C–C–N with tert-alkyl or cyclic N) is 1. The molecule has 7 nitrogen and oxygen atoms in total. The van der Waals surface area contributed by atoms with Gasteiger partial charge in [-0.3, -0.25) is 4.79 Å². The molecule has 0 aromatic heterocycles. The van der Waals surface area contributed by atoms with Gasteiger partial charge in [0.1, 0.15) is 5.75 Å². The van der Waals surface area contributed by atoms with Crippen molar-refractivity contribution in [2.45, 2.75) is 68.9 Å². The summed E-state index contributed by atoms with van der Waals surface area (Å²) in [6.45, 7) is 2.49. The van der Waals surface area contributed by atoms with Crippen LogP contribution in [0.25, 0.3) is 0 Å². The molecule has 1 heterocycles. The first kappa shape index (κ1) is 27.6. The number of nitrogens with zero attached hydrogens (tertiary/aromatic N) is 2. The second-order valence-electron chi connectivity index (χ2n) is 10.5. The Balaban J connectivity index is 1.51. The van der Waals surface area contributed by atoms with Crippen molar-refractivity contribution in [2.24, 2.45) is 11.8 Å². The highest BCUT2D eigenvalue weighted by atomic mass is 32.2. The lowest BCUT2D eigenvalue weighted by Gasteiger charge is -2.31. The fraction of sp³-hybridized carbons (Fsp3) is 0.552. The summed E-state index contributed by atoms with van der Waals surface area (Å²) < 4.78 is 33.9. The molecule has 2 unspecified atom stereocenters. The summed E-state index contributed by atoms with van der Waals surface area (Å²) in [6, 6.07) is 16.4. The van der Waals surface area contributed by atoms with Crippen molar-refractivity contribution in [3.63, 3.8) is 0 Å². The van der Waals surface area contributed by atoms with Crippen LogP contribution in [0.4, 0.5) is 0 Å². The van der Waals surface area contributed by atoms with Gasteiger partial charge in [0.2, 0.25) is 15.9 Å². The van der Waals surface area contributed by atoms with Gasteiger partial charge in [-0.25, -0.2) is 8.42 Å². The molecule has 37 heavy (non-hydrogen) atoms. The molecule has 1 saturated heterocycles. The maximum atomic E-state index is 13.7. The van der Waals surface area contributed by atoms with Crippen molar-refractivity contribution >= 4 is 15.9 Å². The Morgan fingerprint density at radius 2 is 1.76 bits per heavy atom. The van der Waals surface area contributed by atoms with E-state index >= 15 is 0 Å². The van der Waals surface area contributed by atoms with Gasteiger partial charge in [-0.15, -0.1) is 0 Å². The number of likely N-dealkylation sites (tertiary alicyclic amines) is 1. The molecule has 0 radical (unpaired) electrons. The van der Waals surface area contributed by atoms with E-state index in [0.29, 0.717) is 12.3 Å². The SMILES string of the molecule is CCC1C[C@@H](Cc2ccccc2)N(CC(O)CN(CC2CCCC2)S(=O)(=O)c2ccc(OC)cc2)C1=O. The van der Waals surface area contributed by atoms with Crippen LogP contribution in [0.5, 0.6) is 5.75 Å². The van der Waals surface area contributed by atoms with Gasteiger partial charge in [-0.1, -0.05) is 50.1 Å². The molecule has 0 bridgehead atoms. The molecule has 8 heteroatoms. The summed E-state index contributed by atoms with van der Waals surface area (Å²) in [5.41, 5.74) is 1.15. The minimum absolute atomic E-state index is 0.00372. The number of methoxy groups -OCH3 is 1. The third kappa shape index (κ3) is 6.72. The Morgan fingerprint density at radius 1 is 1.08 bits per heavy atom. The number of carbonyl (C=O) groups is 1. The quantitative estimate of drug-likeness (QED) is 0.448. The molecule has 1 aliphatic heterocycles. The maximum Gasteiger partial charge on any atom is 0.243 e. The number of hydrogen-bond donors (Lipinski definition) is 1. The number of amides is 1. The molecule has 202 valence electrons. The minimum atomic E-state index is -3.82. The molecule has 0 spiro atoms. The number of ether oxygens (including phenoxy) is 1. The van der Waals surface area contributed by atoms with Crippen molar-refractivity contribution in [3.05, 3.63) is 60.2 Å². The molecule has 1 aliphatic carbocycles. The number of carbonyl (C=O) groups excluding carboxylic acids is 1. The van der Waals surface area contributed by atoms with E-state index in [1.165, 1.54) is 4.31 Å². The van der Waals surface area contributed by atoms with Crippen LogP contribution in [0, 0.1) is 11.8 Å². The summed E-state index contributed by atoms with van der Waals surface area (Å²) >= 11 is 0. The lowest BCUT2D eigenvalue weighted by atomic mass is 9.98. The van der Waals surface area contributed by atoms with Crippen LogP contribution < -0.4 is 4.74 Å². The van der Waals surface area contributed by atoms with Gasteiger partial charge in [0.05, 0.1) is 18.1 Å². The van der Waals surface area contributed by atoms with Crippen molar-refractivity contribution < 1.29 is 23.1 Å². The highest BCUT2D eigenvalue weighted by Gasteiger charge is 2.40. The lowest BCUT2D eigenvalue weighted by molar-refractivity contribution is -0.133. The van der Waals surface area contributed by atoms with E-state index in [1.54, 1.807) is 36.3 Å².